The molecule has 0 bridgehead atoms. The average molecular weight is 347 g/mol. The molecule has 1 fully saturated rings. The van der Waals surface area contributed by atoms with Gasteiger partial charge in [-0.15, -0.1) is 0 Å². The van der Waals surface area contributed by atoms with Gasteiger partial charge in [-0.05, 0) is 31.7 Å². The topological polar surface area (TPSA) is 83.4 Å². The molecule has 1 atom stereocenters. The summed E-state index contributed by atoms with van der Waals surface area (Å²) in [5.74, 6) is 2.20. The van der Waals surface area contributed by atoms with Gasteiger partial charge in [-0.2, -0.15) is 28.6 Å². The van der Waals surface area contributed by atoms with E-state index in [4.69, 9.17) is 0 Å². The maximum absolute atomic E-state index is 4.64. The smallest absolute Gasteiger partial charge is 0.231 e. The Morgan fingerprint density at radius 2 is 2.12 bits per heavy atom. The van der Waals surface area contributed by atoms with Gasteiger partial charge in [0, 0.05) is 25.5 Å². The molecule has 0 saturated heterocycles. The fourth-order valence-electron chi connectivity index (χ4n) is 2.65. The summed E-state index contributed by atoms with van der Waals surface area (Å²) in [6, 6.07) is 2.43. The molecule has 3 heterocycles. The molecule has 8 heteroatoms. The van der Waals surface area contributed by atoms with Crippen LogP contribution >= 0.6 is 13.5 Å². The number of aromatic nitrogens is 5. The van der Waals surface area contributed by atoms with Crippen LogP contribution in [-0.2, 0) is 7.05 Å². The first-order chi connectivity index (χ1) is 10.7. The van der Waals surface area contributed by atoms with E-state index < -0.39 is 0 Å². The molecular weight excluding hydrogens is 322 g/mol. The lowest BCUT2D eigenvalue weighted by molar-refractivity contribution is 0.691. The predicted molar refractivity (Wildman–Crippen MR) is 103 cm³/mol. The van der Waals surface area contributed by atoms with E-state index in [0.29, 0.717) is 12.0 Å². The number of nitrogens with zero attached hydrogens (tertiary/aromatic N) is 4. The van der Waals surface area contributed by atoms with E-state index in [9.17, 15) is 0 Å². The molecule has 3 aromatic heterocycles. The molecule has 4 rings (SSSR count). The first-order valence-corrected chi connectivity index (χ1v) is 7.56. The molecular formula is C16H25N7S. The molecule has 1 saturated carbocycles. The van der Waals surface area contributed by atoms with Crippen LogP contribution in [0.1, 0.15) is 27.2 Å². The number of anilines is 3. The number of H-pyrrole nitrogens is 1. The van der Waals surface area contributed by atoms with Gasteiger partial charge in [-0.3, -0.25) is 4.68 Å². The summed E-state index contributed by atoms with van der Waals surface area (Å²) >= 11 is 0. The fourth-order valence-corrected chi connectivity index (χ4v) is 2.65. The minimum absolute atomic E-state index is 0. The van der Waals surface area contributed by atoms with Gasteiger partial charge in [-0.25, -0.2) is 0 Å². The van der Waals surface area contributed by atoms with Crippen molar-refractivity contribution in [1.82, 2.24) is 24.7 Å². The summed E-state index contributed by atoms with van der Waals surface area (Å²) < 4.78 is 1.74. The molecule has 0 amide bonds. The van der Waals surface area contributed by atoms with Gasteiger partial charge in [-0.1, -0.05) is 7.43 Å². The summed E-state index contributed by atoms with van der Waals surface area (Å²) in [4.78, 5) is 12.3. The van der Waals surface area contributed by atoms with Crippen molar-refractivity contribution in [3.05, 3.63) is 24.7 Å². The molecule has 0 aliphatic heterocycles. The van der Waals surface area contributed by atoms with Gasteiger partial charge in [0.2, 0.25) is 5.95 Å². The van der Waals surface area contributed by atoms with E-state index >= 15 is 0 Å². The van der Waals surface area contributed by atoms with Crippen LogP contribution in [0.15, 0.2) is 24.7 Å². The Labute approximate surface area is 148 Å². The van der Waals surface area contributed by atoms with Crippen molar-refractivity contribution in [3.63, 3.8) is 0 Å². The van der Waals surface area contributed by atoms with Crippen LogP contribution in [0.5, 0.6) is 0 Å². The minimum atomic E-state index is 0. The second-order valence-electron chi connectivity index (χ2n) is 5.93. The Balaban J connectivity index is 0.00000104. The molecule has 3 aromatic rings. The van der Waals surface area contributed by atoms with Gasteiger partial charge in [0.1, 0.15) is 11.5 Å². The first kappa shape index (κ1) is 18.1. The average Bonchev–Trinajstić information content (AvgIpc) is 3.11. The van der Waals surface area contributed by atoms with E-state index in [1.807, 2.05) is 25.5 Å². The monoisotopic (exact) mass is 347 g/mol. The summed E-state index contributed by atoms with van der Waals surface area (Å²) in [6.07, 6.45) is 8.14. The standard InChI is InChI=1S/C15H19N7.CH4.H2S/c1-9(10-3-4-10)18-14-12-5-6-16-13(12)20-15(21-14)19-11-7-17-22(2)8-11;;/h5-10H,3-4H2,1-2H3,(H3,16,18,19,20,21);1H4;1H2/t9-;;/m0../s1. The number of aromatic amines is 1. The molecule has 1 aliphatic carbocycles. The Morgan fingerprint density at radius 1 is 1.33 bits per heavy atom. The largest absolute Gasteiger partial charge is 0.367 e. The lowest BCUT2D eigenvalue weighted by atomic mass is 10.2. The zero-order valence-electron chi connectivity index (χ0n) is 13.2. The Bertz CT molecular complexity index is 806. The third-order valence-electron chi connectivity index (χ3n) is 4.07. The molecule has 130 valence electrons. The first-order valence-electron chi connectivity index (χ1n) is 7.56. The Hall–Kier alpha value is -2.22. The highest BCUT2D eigenvalue weighted by molar-refractivity contribution is 7.59. The molecule has 3 N–H and O–H groups in total. The number of aryl methyl sites for hydroxylation is 1. The van der Waals surface area contributed by atoms with Crippen molar-refractivity contribution in [2.75, 3.05) is 10.6 Å². The van der Waals surface area contributed by atoms with Crippen LogP contribution in [0, 0.1) is 5.92 Å². The number of hydrogen-bond donors (Lipinski definition) is 3. The highest BCUT2D eigenvalue weighted by Crippen LogP contribution is 2.34. The molecule has 0 spiro atoms. The molecule has 1 aliphatic rings. The lowest BCUT2D eigenvalue weighted by Gasteiger charge is -2.15. The van der Waals surface area contributed by atoms with E-state index in [0.717, 1.165) is 28.5 Å². The highest BCUT2D eigenvalue weighted by Gasteiger charge is 2.28. The van der Waals surface area contributed by atoms with Crippen molar-refractivity contribution in [2.24, 2.45) is 13.0 Å². The van der Waals surface area contributed by atoms with Crippen LogP contribution in [0.3, 0.4) is 0 Å². The van der Waals surface area contributed by atoms with E-state index in [1.54, 1.807) is 10.9 Å². The molecule has 0 aromatic carbocycles. The molecule has 0 radical (unpaired) electrons. The number of nitrogens with one attached hydrogen (secondary N) is 3. The maximum atomic E-state index is 4.64. The van der Waals surface area contributed by atoms with E-state index in [2.05, 4.69) is 37.6 Å². The van der Waals surface area contributed by atoms with Crippen LogP contribution in [0.25, 0.3) is 11.0 Å². The predicted octanol–water partition coefficient (Wildman–Crippen LogP) is 3.39. The molecule has 7 nitrogen and oxygen atoms in total. The van der Waals surface area contributed by atoms with Crippen LogP contribution in [-0.4, -0.2) is 30.8 Å². The SMILES string of the molecule is C.C[C@H](Nc1nc(Nc2cnn(C)c2)nc2[nH]ccc12)C1CC1.S. The third-order valence-corrected chi connectivity index (χ3v) is 4.07. The summed E-state index contributed by atoms with van der Waals surface area (Å²) in [5.41, 5.74) is 1.70. The van der Waals surface area contributed by atoms with Gasteiger partial charge in [0.05, 0.1) is 17.3 Å². The van der Waals surface area contributed by atoms with Gasteiger partial charge in [0.25, 0.3) is 0 Å². The normalized spacial score (nSPS) is 14.6. The van der Waals surface area contributed by atoms with Crippen LogP contribution < -0.4 is 10.6 Å². The summed E-state index contributed by atoms with van der Waals surface area (Å²) in [7, 11) is 1.88. The maximum Gasteiger partial charge on any atom is 0.231 e. The third kappa shape index (κ3) is 3.64. The quantitative estimate of drug-likeness (QED) is 0.659. The second kappa shape index (κ2) is 7.12. The lowest BCUT2D eigenvalue weighted by Crippen LogP contribution is -2.18. The molecule has 0 unspecified atom stereocenters. The van der Waals surface area contributed by atoms with Gasteiger partial charge in [0.15, 0.2) is 0 Å². The zero-order valence-corrected chi connectivity index (χ0v) is 14.2. The van der Waals surface area contributed by atoms with Gasteiger partial charge >= 0.3 is 0 Å². The van der Waals surface area contributed by atoms with E-state index in [-0.39, 0.29) is 20.9 Å². The number of hydrogen-bond acceptors (Lipinski definition) is 5. The van der Waals surface area contributed by atoms with Crippen LogP contribution in [0.2, 0.25) is 0 Å². The zero-order chi connectivity index (χ0) is 15.1. The minimum Gasteiger partial charge on any atom is -0.367 e. The van der Waals surface area contributed by atoms with Crippen molar-refractivity contribution >= 4 is 42.0 Å². The van der Waals surface area contributed by atoms with Gasteiger partial charge < -0.3 is 15.6 Å². The van der Waals surface area contributed by atoms with Crippen molar-refractivity contribution in [2.45, 2.75) is 33.2 Å². The summed E-state index contributed by atoms with van der Waals surface area (Å²) in [6.45, 7) is 2.21. The second-order valence-corrected chi connectivity index (χ2v) is 5.93. The summed E-state index contributed by atoms with van der Waals surface area (Å²) in [5, 5.41) is 11.9. The van der Waals surface area contributed by atoms with Crippen molar-refractivity contribution < 1.29 is 0 Å². The fraction of sp³-hybridized carbons (Fsp3) is 0.438. The Kier molecular flexibility index (Phi) is 5.38. The molecule has 24 heavy (non-hydrogen) atoms. The van der Waals surface area contributed by atoms with E-state index in [1.165, 1.54) is 12.8 Å². The van der Waals surface area contributed by atoms with Crippen LogP contribution in [0.4, 0.5) is 17.5 Å². The highest BCUT2D eigenvalue weighted by atomic mass is 32.1. The van der Waals surface area contributed by atoms with Crippen molar-refractivity contribution in [1.29, 1.82) is 0 Å². The Morgan fingerprint density at radius 3 is 2.79 bits per heavy atom. The van der Waals surface area contributed by atoms with Crippen molar-refractivity contribution in [3.8, 4) is 0 Å². The number of fused-ring (bicyclic) bond motifs is 1. The number of rotatable bonds is 5.